The van der Waals surface area contributed by atoms with Crippen LogP contribution in [0.25, 0.3) is 6.08 Å². The monoisotopic (exact) mass is 1100 g/mol. The standard InChI is InChI=1S/C73H128O4S/c1-5-9-13-16-19-22-25-28-31-34-37-40-43-46-49-52-61-75-71-65-67(55-60-70(74)68-56-58-69(59-57-68)78-64-12-8-4)66-72(76-62-53-50-47-44-41-38-35-32-29-26-23-20-17-14-10-6-2)73(71)77-63-54-51-48-45-42-39-36-33-30-27-24-21-18-15-11-7-3/h55-60,65-66H,5-54,61-64H2,1-4H3. The van der Waals surface area contributed by atoms with E-state index < -0.39 is 0 Å². The van der Waals surface area contributed by atoms with Gasteiger partial charge in [0.05, 0.1) is 19.8 Å². The fraction of sp³-hybridized carbons (Fsp3) is 0.795. The molecule has 0 N–H and O–H groups in total. The number of hydrogen-bond donors (Lipinski definition) is 0. The number of carbonyl (C=O) groups excluding carboxylic acids is 1. The molecule has 2 aromatic rings. The first kappa shape index (κ1) is 71.7. The molecular formula is C73H128O4S. The molecular weight excluding hydrogens is 973 g/mol. The lowest BCUT2D eigenvalue weighted by atomic mass is 10.0. The average Bonchev–Trinajstić information content (AvgIpc) is 3.49. The molecule has 78 heavy (non-hydrogen) atoms. The molecule has 0 bridgehead atoms. The van der Waals surface area contributed by atoms with Crippen molar-refractivity contribution in [1.82, 2.24) is 0 Å². The quantitative estimate of drug-likeness (QED) is 0.0286. The number of carbonyl (C=O) groups is 1. The SMILES string of the molecule is CCCCCCCCCCCCCCCCCCOc1cc(C=CC(=O)c2ccc(SCCCC)cc2)cc(OCCCCCCCCCCCCCCCCCC)c1OCCCCCCCCCCCCCCCCCC. The highest BCUT2D eigenvalue weighted by Crippen LogP contribution is 2.40. The second-order valence-electron chi connectivity index (χ2n) is 23.7. The van der Waals surface area contributed by atoms with Crippen molar-refractivity contribution in [3.05, 3.63) is 53.6 Å². The maximum Gasteiger partial charge on any atom is 0.203 e. The molecule has 4 nitrogen and oxygen atoms in total. The molecule has 0 fully saturated rings. The van der Waals surface area contributed by atoms with Crippen LogP contribution in [0.5, 0.6) is 17.2 Å². The molecule has 0 amide bonds. The number of unbranched alkanes of at least 4 members (excludes halogenated alkanes) is 46. The lowest BCUT2D eigenvalue weighted by Crippen LogP contribution is -2.07. The maximum atomic E-state index is 13.5. The van der Waals surface area contributed by atoms with E-state index in [9.17, 15) is 4.79 Å². The van der Waals surface area contributed by atoms with Gasteiger partial charge in [-0.3, -0.25) is 4.79 Å². The number of hydrogen-bond acceptors (Lipinski definition) is 5. The molecule has 0 unspecified atom stereocenters. The van der Waals surface area contributed by atoms with Crippen molar-refractivity contribution in [3.63, 3.8) is 0 Å². The van der Waals surface area contributed by atoms with Gasteiger partial charge in [-0.1, -0.05) is 329 Å². The summed E-state index contributed by atoms with van der Waals surface area (Å²) in [4.78, 5) is 14.7. The first-order valence-corrected chi connectivity index (χ1v) is 35.6. The second-order valence-corrected chi connectivity index (χ2v) is 24.9. The van der Waals surface area contributed by atoms with Crippen molar-refractivity contribution in [2.24, 2.45) is 0 Å². The van der Waals surface area contributed by atoms with Crippen LogP contribution < -0.4 is 14.2 Å². The van der Waals surface area contributed by atoms with Crippen LogP contribution in [0.15, 0.2) is 47.4 Å². The van der Waals surface area contributed by atoms with Gasteiger partial charge in [0.15, 0.2) is 17.3 Å². The summed E-state index contributed by atoms with van der Waals surface area (Å²) in [5, 5.41) is 0. The normalized spacial score (nSPS) is 11.6. The number of benzene rings is 2. The second kappa shape index (κ2) is 56.5. The van der Waals surface area contributed by atoms with Gasteiger partial charge >= 0.3 is 0 Å². The molecule has 0 aromatic heterocycles. The summed E-state index contributed by atoms with van der Waals surface area (Å²) >= 11 is 1.87. The van der Waals surface area contributed by atoms with Gasteiger partial charge in [-0.2, -0.15) is 0 Å². The molecule has 0 aliphatic heterocycles. The Hall–Kier alpha value is -2.40. The van der Waals surface area contributed by atoms with Crippen molar-refractivity contribution in [1.29, 1.82) is 0 Å². The summed E-state index contributed by atoms with van der Waals surface area (Å²) in [5.41, 5.74) is 1.62. The third kappa shape index (κ3) is 43.3. The predicted octanol–water partition coefficient (Wildman–Crippen LogP) is 25.4. The molecule has 2 rings (SSSR count). The van der Waals surface area contributed by atoms with E-state index in [1.54, 1.807) is 6.08 Å². The molecule has 0 radical (unpaired) electrons. The average molecular weight is 1100 g/mol. The van der Waals surface area contributed by atoms with E-state index in [1.165, 1.54) is 307 Å². The van der Waals surface area contributed by atoms with Crippen molar-refractivity contribution >= 4 is 23.6 Å². The Morgan fingerprint density at radius 3 is 0.910 bits per heavy atom. The minimum absolute atomic E-state index is 0.00945. The van der Waals surface area contributed by atoms with E-state index in [-0.39, 0.29) is 5.78 Å². The third-order valence-corrected chi connectivity index (χ3v) is 17.2. The van der Waals surface area contributed by atoms with Crippen LogP contribution in [0, 0.1) is 0 Å². The van der Waals surface area contributed by atoms with Crippen molar-refractivity contribution < 1.29 is 19.0 Å². The molecule has 0 heterocycles. The fourth-order valence-corrected chi connectivity index (χ4v) is 11.9. The fourth-order valence-electron chi connectivity index (χ4n) is 10.9. The van der Waals surface area contributed by atoms with Crippen molar-refractivity contribution in [2.45, 2.75) is 354 Å². The molecule has 0 atom stereocenters. The van der Waals surface area contributed by atoms with Crippen LogP contribution in [-0.4, -0.2) is 31.4 Å². The predicted molar refractivity (Wildman–Crippen MR) is 347 cm³/mol. The van der Waals surface area contributed by atoms with Crippen LogP contribution >= 0.6 is 11.8 Å². The van der Waals surface area contributed by atoms with Crippen LogP contribution in [0.1, 0.15) is 365 Å². The van der Waals surface area contributed by atoms with Gasteiger partial charge < -0.3 is 14.2 Å². The Balaban J connectivity index is 1.99. The zero-order valence-corrected chi connectivity index (χ0v) is 53.2. The smallest absolute Gasteiger partial charge is 0.203 e. The van der Waals surface area contributed by atoms with Gasteiger partial charge in [0.25, 0.3) is 0 Å². The topological polar surface area (TPSA) is 44.8 Å². The van der Waals surface area contributed by atoms with Crippen LogP contribution in [0.2, 0.25) is 0 Å². The Labute approximate surface area is 490 Å². The summed E-state index contributed by atoms with van der Waals surface area (Å²) < 4.78 is 20.1. The van der Waals surface area contributed by atoms with Gasteiger partial charge in [-0.05, 0) is 79.5 Å². The minimum Gasteiger partial charge on any atom is -0.490 e. The van der Waals surface area contributed by atoms with Crippen molar-refractivity contribution in [2.75, 3.05) is 25.6 Å². The summed E-state index contributed by atoms with van der Waals surface area (Å²) in [6, 6.07) is 12.3. The number of ketones is 1. The van der Waals surface area contributed by atoms with Crippen molar-refractivity contribution in [3.8, 4) is 17.2 Å². The molecule has 2 aromatic carbocycles. The molecule has 0 saturated heterocycles. The van der Waals surface area contributed by atoms with Crippen LogP contribution in [-0.2, 0) is 0 Å². The lowest BCUT2D eigenvalue weighted by molar-refractivity contribution is 0.104. The van der Waals surface area contributed by atoms with E-state index in [4.69, 9.17) is 14.2 Å². The largest absolute Gasteiger partial charge is 0.490 e. The van der Waals surface area contributed by atoms with Gasteiger partial charge in [-0.15, -0.1) is 11.8 Å². The molecule has 0 saturated carbocycles. The molecule has 0 aliphatic rings. The first-order valence-electron chi connectivity index (χ1n) is 34.6. The maximum absolute atomic E-state index is 13.5. The van der Waals surface area contributed by atoms with Gasteiger partial charge in [0.2, 0.25) is 5.75 Å². The summed E-state index contributed by atoms with van der Waals surface area (Å²) in [5.74, 6) is 3.35. The zero-order chi connectivity index (χ0) is 55.7. The molecule has 5 heteroatoms. The Kier molecular flexibility index (Phi) is 51.9. The number of thioether (sulfide) groups is 1. The van der Waals surface area contributed by atoms with E-state index >= 15 is 0 Å². The van der Waals surface area contributed by atoms with Gasteiger partial charge in [-0.25, -0.2) is 0 Å². The molecule has 0 spiro atoms. The number of rotatable bonds is 61. The first-order chi connectivity index (χ1) is 38.6. The Bertz CT molecular complexity index is 1540. The number of ether oxygens (including phenoxy) is 3. The Morgan fingerprint density at radius 1 is 0.346 bits per heavy atom. The summed E-state index contributed by atoms with van der Waals surface area (Å²) in [6.07, 6.45) is 71.0. The van der Waals surface area contributed by atoms with Crippen LogP contribution in [0.3, 0.4) is 0 Å². The minimum atomic E-state index is 0.00945. The Morgan fingerprint density at radius 2 is 0.615 bits per heavy atom. The van der Waals surface area contributed by atoms with E-state index in [2.05, 4.69) is 52.0 Å². The summed E-state index contributed by atoms with van der Waals surface area (Å²) in [7, 11) is 0. The molecule has 0 aliphatic carbocycles. The van der Waals surface area contributed by atoms with Crippen LogP contribution in [0.4, 0.5) is 0 Å². The third-order valence-electron chi connectivity index (χ3n) is 16.1. The van der Waals surface area contributed by atoms with Gasteiger partial charge in [0.1, 0.15) is 0 Å². The van der Waals surface area contributed by atoms with E-state index in [1.807, 2.05) is 30.0 Å². The summed E-state index contributed by atoms with van der Waals surface area (Å²) in [6.45, 7) is 11.1. The zero-order valence-electron chi connectivity index (χ0n) is 52.3. The highest BCUT2D eigenvalue weighted by molar-refractivity contribution is 7.99. The highest BCUT2D eigenvalue weighted by atomic mass is 32.2. The van der Waals surface area contributed by atoms with E-state index in [0.29, 0.717) is 25.4 Å². The highest BCUT2D eigenvalue weighted by Gasteiger charge is 2.16. The number of allylic oxidation sites excluding steroid dienone is 1. The van der Waals surface area contributed by atoms with Gasteiger partial charge in [0, 0.05) is 10.5 Å². The van der Waals surface area contributed by atoms with E-state index in [0.717, 1.165) is 47.8 Å². The molecule has 450 valence electrons. The lowest BCUT2D eigenvalue weighted by Gasteiger charge is -2.18.